The summed E-state index contributed by atoms with van der Waals surface area (Å²) in [6, 6.07) is 3.03. The quantitative estimate of drug-likeness (QED) is 0.559. The molecule has 0 radical (unpaired) electrons. The molecule has 112 valence electrons. The molecule has 2 rings (SSSR count). The molecule has 1 aliphatic heterocycles. The van der Waals surface area contributed by atoms with Gasteiger partial charge in [-0.3, -0.25) is 9.59 Å². The Balaban J connectivity index is 2.29. The third-order valence-corrected chi connectivity index (χ3v) is 3.91. The van der Waals surface area contributed by atoms with Crippen molar-refractivity contribution in [3.63, 3.8) is 0 Å². The normalized spacial score (nSPS) is 14.3. The van der Waals surface area contributed by atoms with E-state index in [4.69, 9.17) is 14.3 Å². The van der Waals surface area contributed by atoms with Crippen molar-refractivity contribution < 1.29 is 28.7 Å². The van der Waals surface area contributed by atoms with Crippen molar-refractivity contribution >= 4 is 40.4 Å². The second-order valence-corrected chi connectivity index (χ2v) is 5.20. The number of hydrogen-bond acceptors (Lipinski definition) is 6. The highest BCUT2D eigenvalue weighted by atomic mass is 127. The summed E-state index contributed by atoms with van der Waals surface area (Å²) < 4.78 is 10.9. The molecule has 8 heteroatoms. The highest BCUT2D eigenvalue weighted by Gasteiger charge is 2.34. The van der Waals surface area contributed by atoms with E-state index in [0.717, 1.165) is 0 Å². The van der Waals surface area contributed by atoms with Crippen LogP contribution in [0.15, 0.2) is 12.1 Å². The maximum absolute atomic E-state index is 12.1. The molecule has 0 aliphatic carbocycles. The summed E-state index contributed by atoms with van der Waals surface area (Å²) in [5.74, 6) is -1.10. The van der Waals surface area contributed by atoms with Crippen LogP contribution in [0, 0.1) is 3.57 Å². The molecule has 1 heterocycles. The SMILES string of the molecule is COc1ccc(C(=O)ON2C(=O)CCC2=O)c(OC)c1I. The van der Waals surface area contributed by atoms with E-state index in [1.807, 2.05) is 22.6 Å². The Morgan fingerprint density at radius 1 is 1.14 bits per heavy atom. The number of benzene rings is 1. The van der Waals surface area contributed by atoms with Crippen LogP contribution < -0.4 is 9.47 Å². The van der Waals surface area contributed by atoms with Crippen molar-refractivity contribution in [3.8, 4) is 11.5 Å². The van der Waals surface area contributed by atoms with E-state index in [0.29, 0.717) is 14.4 Å². The van der Waals surface area contributed by atoms with Crippen LogP contribution in [-0.4, -0.2) is 37.1 Å². The van der Waals surface area contributed by atoms with E-state index < -0.39 is 17.8 Å². The van der Waals surface area contributed by atoms with Gasteiger partial charge in [0.2, 0.25) is 0 Å². The van der Waals surface area contributed by atoms with Gasteiger partial charge in [0.25, 0.3) is 11.8 Å². The van der Waals surface area contributed by atoms with E-state index in [-0.39, 0.29) is 24.2 Å². The maximum atomic E-state index is 12.1. The van der Waals surface area contributed by atoms with Crippen LogP contribution in [0.25, 0.3) is 0 Å². The largest absolute Gasteiger partial charge is 0.496 e. The average molecular weight is 405 g/mol. The first-order chi connectivity index (χ1) is 9.99. The standard InChI is InChI=1S/C13H12INO6/c1-19-8-4-3-7(12(20-2)11(8)14)13(18)21-15-9(16)5-6-10(15)17/h3-4H,5-6H2,1-2H3. The van der Waals surface area contributed by atoms with Gasteiger partial charge in [-0.2, -0.15) is 0 Å². The van der Waals surface area contributed by atoms with Crippen molar-refractivity contribution in [1.29, 1.82) is 0 Å². The van der Waals surface area contributed by atoms with Crippen molar-refractivity contribution in [2.45, 2.75) is 12.8 Å². The van der Waals surface area contributed by atoms with E-state index in [9.17, 15) is 14.4 Å². The number of carbonyl (C=O) groups is 3. The molecular formula is C13H12INO6. The number of hydroxylamine groups is 2. The average Bonchev–Trinajstić information content (AvgIpc) is 2.78. The number of nitrogens with zero attached hydrogens (tertiary/aromatic N) is 1. The van der Waals surface area contributed by atoms with Crippen molar-refractivity contribution in [1.82, 2.24) is 5.06 Å². The molecule has 1 aromatic rings. The molecule has 1 aliphatic rings. The minimum absolute atomic E-state index is 0.0450. The summed E-state index contributed by atoms with van der Waals surface area (Å²) >= 11 is 1.97. The van der Waals surface area contributed by atoms with Crippen LogP contribution >= 0.6 is 22.6 Å². The molecule has 2 amide bonds. The lowest BCUT2D eigenvalue weighted by Gasteiger charge is -2.15. The fraction of sp³-hybridized carbons (Fsp3) is 0.308. The number of halogens is 1. The van der Waals surface area contributed by atoms with Crippen LogP contribution in [0.4, 0.5) is 0 Å². The number of imide groups is 1. The van der Waals surface area contributed by atoms with Crippen LogP contribution in [-0.2, 0) is 14.4 Å². The second-order valence-electron chi connectivity index (χ2n) is 4.12. The highest BCUT2D eigenvalue weighted by molar-refractivity contribution is 14.1. The molecule has 0 bridgehead atoms. The Kier molecular flexibility index (Phi) is 4.66. The Bertz CT molecular complexity index is 599. The number of rotatable bonds is 4. The second kappa shape index (κ2) is 6.29. The van der Waals surface area contributed by atoms with Gasteiger partial charge in [0, 0.05) is 12.8 Å². The summed E-state index contributed by atoms with van der Waals surface area (Å²) in [5, 5.41) is 0.499. The smallest absolute Gasteiger partial charge is 0.367 e. The Morgan fingerprint density at radius 2 is 1.76 bits per heavy atom. The van der Waals surface area contributed by atoms with Crippen LogP contribution in [0.5, 0.6) is 11.5 Å². The van der Waals surface area contributed by atoms with Gasteiger partial charge in [-0.05, 0) is 34.7 Å². The molecule has 1 fully saturated rings. The van der Waals surface area contributed by atoms with Gasteiger partial charge < -0.3 is 14.3 Å². The van der Waals surface area contributed by atoms with E-state index >= 15 is 0 Å². The van der Waals surface area contributed by atoms with Crippen molar-refractivity contribution in [3.05, 3.63) is 21.3 Å². The lowest BCUT2D eigenvalue weighted by atomic mass is 10.2. The van der Waals surface area contributed by atoms with E-state index in [2.05, 4.69) is 0 Å². The fourth-order valence-electron chi connectivity index (χ4n) is 1.85. The van der Waals surface area contributed by atoms with Crippen molar-refractivity contribution in [2.24, 2.45) is 0 Å². The first-order valence-electron chi connectivity index (χ1n) is 5.98. The van der Waals surface area contributed by atoms with Gasteiger partial charge in [-0.15, -0.1) is 5.06 Å². The first kappa shape index (κ1) is 15.5. The molecule has 0 spiro atoms. The van der Waals surface area contributed by atoms with Crippen molar-refractivity contribution in [2.75, 3.05) is 14.2 Å². The van der Waals surface area contributed by atoms with E-state index in [1.54, 1.807) is 6.07 Å². The minimum atomic E-state index is -0.837. The third-order valence-electron chi connectivity index (χ3n) is 2.89. The minimum Gasteiger partial charge on any atom is -0.496 e. The van der Waals surface area contributed by atoms with Gasteiger partial charge in [-0.1, -0.05) is 0 Å². The van der Waals surface area contributed by atoms with Gasteiger partial charge in [0.1, 0.15) is 11.3 Å². The fourth-order valence-corrected chi connectivity index (χ4v) is 2.76. The van der Waals surface area contributed by atoms with Gasteiger partial charge in [-0.25, -0.2) is 4.79 Å². The summed E-state index contributed by atoms with van der Waals surface area (Å²) in [7, 11) is 2.90. The van der Waals surface area contributed by atoms with Gasteiger partial charge in [0.15, 0.2) is 5.75 Å². The molecule has 21 heavy (non-hydrogen) atoms. The van der Waals surface area contributed by atoms with Gasteiger partial charge >= 0.3 is 5.97 Å². The topological polar surface area (TPSA) is 82.1 Å². The van der Waals surface area contributed by atoms with Crippen LogP contribution in [0.1, 0.15) is 23.2 Å². The van der Waals surface area contributed by atoms with Crippen LogP contribution in [0.3, 0.4) is 0 Å². The highest BCUT2D eigenvalue weighted by Crippen LogP contribution is 2.34. The number of ether oxygens (including phenoxy) is 2. The summed E-state index contributed by atoms with van der Waals surface area (Å²) in [4.78, 5) is 39.9. The lowest BCUT2D eigenvalue weighted by Crippen LogP contribution is -2.32. The number of hydrogen-bond donors (Lipinski definition) is 0. The third kappa shape index (κ3) is 2.94. The monoisotopic (exact) mass is 405 g/mol. The Hall–Kier alpha value is -1.84. The molecule has 0 unspecified atom stereocenters. The summed E-state index contributed by atoms with van der Waals surface area (Å²) in [6.07, 6.45) is 0.0901. The zero-order valence-corrected chi connectivity index (χ0v) is 13.5. The zero-order chi connectivity index (χ0) is 15.6. The Labute approximate surface area is 134 Å². The van der Waals surface area contributed by atoms with E-state index in [1.165, 1.54) is 20.3 Å². The molecule has 0 atom stereocenters. The number of carbonyl (C=O) groups excluding carboxylic acids is 3. The Morgan fingerprint density at radius 3 is 2.29 bits per heavy atom. The van der Waals surface area contributed by atoms with Gasteiger partial charge in [0.05, 0.1) is 17.8 Å². The molecule has 0 N–H and O–H groups in total. The molecule has 1 aromatic carbocycles. The number of amides is 2. The molecule has 0 aromatic heterocycles. The predicted molar refractivity (Wildman–Crippen MR) is 78.8 cm³/mol. The molecule has 0 saturated carbocycles. The lowest BCUT2D eigenvalue weighted by molar-refractivity contribution is -0.172. The first-order valence-corrected chi connectivity index (χ1v) is 7.06. The maximum Gasteiger partial charge on any atom is 0.367 e. The predicted octanol–water partition coefficient (Wildman–Crippen LogP) is 1.53. The molecule has 1 saturated heterocycles. The molecule has 7 nitrogen and oxygen atoms in total. The summed E-state index contributed by atoms with van der Waals surface area (Å²) in [6.45, 7) is 0. The molecular weight excluding hydrogens is 393 g/mol. The van der Waals surface area contributed by atoms with Crippen LogP contribution in [0.2, 0.25) is 0 Å². The summed E-state index contributed by atoms with van der Waals surface area (Å²) in [5.41, 5.74) is 0.107. The zero-order valence-electron chi connectivity index (χ0n) is 11.3. The number of methoxy groups -OCH3 is 2.